The van der Waals surface area contributed by atoms with Crippen molar-refractivity contribution < 1.29 is 4.74 Å². The Labute approximate surface area is 203 Å². The van der Waals surface area contributed by atoms with Crippen molar-refractivity contribution in [3.05, 3.63) is 120 Å². The van der Waals surface area contributed by atoms with Crippen molar-refractivity contribution in [3.8, 4) is 0 Å². The van der Waals surface area contributed by atoms with Gasteiger partial charge in [-0.1, -0.05) is 131 Å². The van der Waals surface area contributed by atoms with Crippen LogP contribution < -0.4 is 0 Å². The Balaban J connectivity index is 1.69. The second kappa shape index (κ2) is 9.57. The maximum atomic E-state index is 6.86. The Morgan fingerprint density at radius 3 is 1.19 bits per heavy atom. The molecule has 160 valence electrons. The first-order chi connectivity index (χ1) is 14.8. The molecule has 0 fully saturated rings. The van der Waals surface area contributed by atoms with E-state index in [4.69, 9.17) is 51.1 Å². The Bertz CT molecular complexity index is 879. The summed E-state index contributed by atoms with van der Waals surface area (Å²) in [6.45, 7) is 0. The van der Waals surface area contributed by atoms with E-state index in [9.17, 15) is 0 Å². The molecule has 2 aromatic carbocycles. The maximum absolute atomic E-state index is 6.86. The van der Waals surface area contributed by atoms with Gasteiger partial charge in [0.15, 0.2) is 8.67 Å². The van der Waals surface area contributed by atoms with Crippen LogP contribution in [0, 0.1) is 11.8 Å². The van der Waals surface area contributed by atoms with E-state index in [2.05, 4.69) is 24.3 Å². The molecule has 0 bridgehead atoms. The summed E-state index contributed by atoms with van der Waals surface area (Å²) in [5, 5.41) is 0. The Kier molecular flexibility index (Phi) is 7.01. The Morgan fingerprint density at radius 2 is 0.871 bits per heavy atom. The highest BCUT2D eigenvalue weighted by atomic mass is 35.5. The molecule has 0 aromatic heterocycles. The highest BCUT2D eigenvalue weighted by molar-refractivity contribution is 6.51. The van der Waals surface area contributed by atoms with Crippen LogP contribution in [0.2, 0.25) is 0 Å². The van der Waals surface area contributed by atoms with Gasteiger partial charge in [-0.2, -0.15) is 0 Å². The van der Waals surface area contributed by atoms with E-state index >= 15 is 0 Å². The van der Waals surface area contributed by atoms with Gasteiger partial charge in [-0.3, -0.25) is 0 Å². The molecule has 1 nitrogen and oxygen atoms in total. The summed E-state index contributed by atoms with van der Waals surface area (Å²) in [6.07, 6.45) is 14.8. The average Bonchev–Trinajstić information content (AvgIpc) is 2.77. The van der Waals surface area contributed by atoms with Gasteiger partial charge in [0.25, 0.3) is 0 Å². The largest absolute Gasteiger partial charge is 0.364 e. The molecule has 0 N–H and O–H groups in total. The molecule has 0 radical (unpaired) electrons. The third-order valence-corrected chi connectivity index (χ3v) is 6.42. The van der Waals surface area contributed by atoms with Crippen LogP contribution in [0.4, 0.5) is 0 Å². The molecule has 2 unspecified atom stereocenters. The van der Waals surface area contributed by atoms with E-state index in [0.717, 1.165) is 11.1 Å². The van der Waals surface area contributed by atoms with Gasteiger partial charge in [0.1, 0.15) is 0 Å². The highest BCUT2D eigenvalue weighted by Crippen LogP contribution is 2.42. The molecule has 0 aliphatic heterocycles. The van der Waals surface area contributed by atoms with Crippen molar-refractivity contribution in [2.45, 2.75) is 20.9 Å². The van der Waals surface area contributed by atoms with Crippen LogP contribution in [0.3, 0.4) is 0 Å². The predicted octanol–water partition coefficient (Wildman–Crippen LogP) is 8.32. The zero-order valence-corrected chi connectivity index (χ0v) is 19.6. The first-order valence-corrected chi connectivity index (χ1v) is 11.6. The third kappa shape index (κ3) is 5.86. The molecule has 2 aliphatic carbocycles. The van der Waals surface area contributed by atoms with Crippen molar-refractivity contribution in [3.63, 3.8) is 0 Å². The van der Waals surface area contributed by atoms with E-state index in [1.165, 1.54) is 0 Å². The van der Waals surface area contributed by atoms with Crippen molar-refractivity contribution in [1.82, 2.24) is 0 Å². The molecule has 2 aromatic rings. The fraction of sp³-hybridized carbons (Fsp3) is 0.231. The maximum Gasteiger partial charge on any atom is 0.154 e. The van der Waals surface area contributed by atoms with Gasteiger partial charge in [-0.05, 0) is 35.4 Å². The standard InChI is InChI=1S/C26H22Cl4O/c27-25(28)15-11-21(12-16-25)23(19-7-3-1-4-8-19)31-24(20-9-5-2-6-10-20)22-13-17-26(29,30)18-14-22/h1-18,21-24H. The van der Waals surface area contributed by atoms with Crippen LogP contribution in [-0.4, -0.2) is 8.67 Å². The fourth-order valence-corrected chi connectivity index (χ4v) is 4.41. The summed E-state index contributed by atoms with van der Waals surface area (Å²) < 4.78 is 4.88. The zero-order chi connectivity index (χ0) is 21.9. The monoisotopic (exact) mass is 490 g/mol. The molecule has 0 heterocycles. The summed E-state index contributed by atoms with van der Waals surface area (Å²) in [6, 6.07) is 20.4. The lowest BCUT2D eigenvalue weighted by Crippen LogP contribution is -2.24. The van der Waals surface area contributed by atoms with Crippen LogP contribution in [0.25, 0.3) is 0 Å². The Morgan fingerprint density at radius 1 is 0.548 bits per heavy atom. The lowest BCUT2D eigenvalue weighted by atomic mass is 9.88. The zero-order valence-electron chi connectivity index (χ0n) is 16.6. The molecule has 0 amide bonds. The van der Waals surface area contributed by atoms with Gasteiger partial charge in [-0.25, -0.2) is 0 Å². The minimum atomic E-state index is -0.991. The fourth-order valence-electron chi connectivity index (χ4n) is 3.83. The predicted molar refractivity (Wildman–Crippen MR) is 132 cm³/mol. The number of ether oxygens (including phenoxy) is 1. The second-order valence-electron chi connectivity index (χ2n) is 7.74. The minimum Gasteiger partial charge on any atom is -0.364 e. The summed E-state index contributed by atoms with van der Waals surface area (Å²) in [5.41, 5.74) is 2.15. The summed E-state index contributed by atoms with van der Waals surface area (Å²) in [4.78, 5) is 0. The third-order valence-electron chi connectivity index (χ3n) is 5.41. The summed E-state index contributed by atoms with van der Waals surface area (Å²) >= 11 is 25.0. The van der Waals surface area contributed by atoms with E-state index < -0.39 is 8.67 Å². The highest BCUT2D eigenvalue weighted by Gasteiger charge is 2.33. The number of hydrogen-bond acceptors (Lipinski definition) is 1. The smallest absolute Gasteiger partial charge is 0.154 e. The van der Waals surface area contributed by atoms with Crippen LogP contribution in [0.1, 0.15) is 23.3 Å². The lowest BCUT2D eigenvalue weighted by molar-refractivity contribution is -0.0415. The first-order valence-electron chi connectivity index (χ1n) is 10.1. The van der Waals surface area contributed by atoms with E-state index in [1.807, 2.05) is 60.7 Å². The first kappa shape index (κ1) is 22.7. The molecular weight excluding hydrogens is 470 g/mol. The van der Waals surface area contributed by atoms with Crippen molar-refractivity contribution >= 4 is 46.4 Å². The topological polar surface area (TPSA) is 9.23 Å². The van der Waals surface area contributed by atoms with Crippen LogP contribution in [-0.2, 0) is 4.74 Å². The Hall–Kier alpha value is -1.48. The second-order valence-corrected chi connectivity index (χ2v) is 10.6. The quantitative estimate of drug-likeness (QED) is 0.291. The van der Waals surface area contributed by atoms with E-state index in [-0.39, 0.29) is 24.0 Å². The van der Waals surface area contributed by atoms with Gasteiger partial charge >= 0.3 is 0 Å². The van der Waals surface area contributed by atoms with Gasteiger partial charge in [0.2, 0.25) is 0 Å². The molecule has 0 saturated carbocycles. The van der Waals surface area contributed by atoms with E-state index in [0.29, 0.717) is 0 Å². The minimum absolute atomic E-state index is 0.0177. The summed E-state index contributed by atoms with van der Waals surface area (Å²) in [5.74, 6) is -0.0353. The number of alkyl halides is 4. The number of halogens is 4. The molecule has 4 rings (SSSR count). The van der Waals surface area contributed by atoms with Crippen LogP contribution in [0.5, 0.6) is 0 Å². The van der Waals surface area contributed by atoms with E-state index in [1.54, 1.807) is 24.3 Å². The molecule has 2 aliphatic rings. The molecule has 0 saturated heterocycles. The normalized spacial score (nSPS) is 21.8. The van der Waals surface area contributed by atoms with Crippen LogP contribution in [0.15, 0.2) is 109 Å². The van der Waals surface area contributed by atoms with Crippen molar-refractivity contribution in [2.75, 3.05) is 0 Å². The van der Waals surface area contributed by atoms with Crippen molar-refractivity contribution in [1.29, 1.82) is 0 Å². The van der Waals surface area contributed by atoms with Gasteiger partial charge in [-0.15, -0.1) is 0 Å². The van der Waals surface area contributed by atoms with Gasteiger partial charge < -0.3 is 4.74 Å². The van der Waals surface area contributed by atoms with Crippen LogP contribution >= 0.6 is 46.4 Å². The number of rotatable bonds is 6. The molecule has 2 atom stereocenters. The lowest BCUT2D eigenvalue weighted by Gasteiger charge is -2.34. The molecule has 5 heteroatoms. The average molecular weight is 492 g/mol. The van der Waals surface area contributed by atoms with Gasteiger partial charge in [0.05, 0.1) is 12.2 Å². The number of benzene rings is 2. The summed E-state index contributed by atoms with van der Waals surface area (Å²) in [7, 11) is 0. The van der Waals surface area contributed by atoms with Gasteiger partial charge in [0, 0.05) is 11.8 Å². The molecule has 31 heavy (non-hydrogen) atoms. The SMILES string of the molecule is ClC1(Cl)C=CC(C(OC(c2ccccc2)C2C=CC(Cl)(Cl)C=C2)c2ccccc2)C=C1. The molecule has 0 spiro atoms. The number of hydrogen-bond donors (Lipinski definition) is 0. The van der Waals surface area contributed by atoms with Crippen molar-refractivity contribution in [2.24, 2.45) is 11.8 Å². The molecular formula is C26H22Cl4O. The number of allylic oxidation sites excluding steroid dienone is 4.